The number of hydrogen-bond donors (Lipinski definition) is 2. The van der Waals surface area contributed by atoms with Crippen LogP contribution in [0.2, 0.25) is 0 Å². The highest BCUT2D eigenvalue weighted by Crippen LogP contribution is 2.20. The zero-order chi connectivity index (χ0) is 15.5. The number of sulfonamides is 1. The molecule has 114 valence electrons. The molecule has 0 fully saturated rings. The van der Waals surface area contributed by atoms with E-state index >= 15 is 0 Å². The molecule has 0 aliphatic carbocycles. The smallest absolute Gasteiger partial charge is 0.295 e. The largest absolute Gasteiger partial charge is 0.446 e. The van der Waals surface area contributed by atoms with Crippen molar-refractivity contribution in [3.05, 3.63) is 42.2 Å². The van der Waals surface area contributed by atoms with Gasteiger partial charge in [-0.3, -0.25) is 9.71 Å². The summed E-state index contributed by atoms with van der Waals surface area (Å²) in [4.78, 5) is 3.55. The zero-order valence-corrected chi connectivity index (χ0v) is 12.4. The summed E-state index contributed by atoms with van der Waals surface area (Å²) >= 11 is 0. The first-order valence-electron chi connectivity index (χ1n) is 6.33. The molecule has 2 rings (SSSR count). The van der Waals surface area contributed by atoms with Gasteiger partial charge in [-0.15, -0.1) is 0 Å². The van der Waals surface area contributed by atoms with E-state index in [2.05, 4.69) is 15.0 Å². The van der Waals surface area contributed by atoms with Crippen molar-refractivity contribution >= 4 is 15.7 Å². The Morgan fingerprint density at radius 1 is 1.33 bits per heavy atom. The Balaban J connectivity index is 2.15. The fourth-order valence-electron chi connectivity index (χ4n) is 1.56. The number of pyridine rings is 1. The average Bonchev–Trinajstić information content (AvgIpc) is 2.88. The molecule has 0 spiro atoms. The molecule has 0 atom stereocenters. The maximum absolute atomic E-state index is 13.4. The first kappa shape index (κ1) is 15.5. The normalized spacial score (nSPS) is 11.8. The number of nitrogens with one attached hydrogen (secondary N) is 2. The second-order valence-corrected chi connectivity index (χ2v) is 6.33. The van der Waals surface area contributed by atoms with Crippen molar-refractivity contribution < 1.29 is 17.2 Å². The predicted molar refractivity (Wildman–Crippen MR) is 75.7 cm³/mol. The minimum absolute atomic E-state index is 0.178. The van der Waals surface area contributed by atoms with Crippen molar-refractivity contribution in [2.75, 3.05) is 4.72 Å². The summed E-state index contributed by atoms with van der Waals surface area (Å²) in [5, 5.41) is 2.84. The number of anilines is 1. The Kier molecular flexibility index (Phi) is 4.59. The number of furan rings is 1. The average molecular weight is 313 g/mol. The molecule has 0 saturated heterocycles. The molecule has 0 bridgehead atoms. The number of rotatable bonds is 6. The molecule has 0 saturated carbocycles. The fraction of sp³-hybridized carbons (Fsp3) is 0.308. The van der Waals surface area contributed by atoms with E-state index in [1.807, 2.05) is 13.8 Å². The van der Waals surface area contributed by atoms with Gasteiger partial charge in [0.1, 0.15) is 5.76 Å². The maximum atomic E-state index is 13.4. The van der Waals surface area contributed by atoms with Crippen molar-refractivity contribution in [3.8, 4) is 0 Å². The molecule has 0 unspecified atom stereocenters. The van der Waals surface area contributed by atoms with Crippen LogP contribution in [0.15, 0.2) is 40.1 Å². The van der Waals surface area contributed by atoms with E-state index < -0.39 is 15.8 Å². The van der Waals surface area contributed by atoms with E-state index in [4.69, 9.17) is 4.42 Å². The second kappa shape index (κ2) is 6.23. The van der Waals surface area contributed by atoms with Gasteiger partial charge in [0.2, 0.25) is 5.09 Å². The van der Waals surface area contributed by atoms with Gasteiger partial charge in [-0.25, -0.2) is 4.39 Å². The van der Waals surface area contributed by atoms with E-state index in [9.17, 15) is 12.8 Å². The molecular weight excluding hydrogens is 297 g/mol. The molecular formula is C13H16FN3O3S. The maximum Gasteiger partial charge on any atom is 0.295 e. The predicted octanol–water partition coefficient (Wildman–Crippen LogP) is 2.11. The van der Waals surface area contributed by atoms with Gasteiger partial charge in [0.15, 0.2) is 5.82 Å². The van der Waals surface area contributed by atoms with E-state index in [0.717, 1.165) is 6.20 Å². The molecule has 0 amide bonds. The van der Waals surface area contributed by atoms with Crippen molar-refractivity contribution in [3.63, 3.8) is 0 Å². The Hall–Kier alpha value is -1.93. The molecule has 0 radical (unpaired) electrons. The van der Waals surface area contributed by atoms with Crippen molar-refractivity contribution in [2.24, 2.45) is 0 Å². The van der Waals surface area contributed by atoms with E-state index in [-0.39, 0.29) is 16.8 Å². The lowest BCUT2D eigenvalue weighted by Crippen LogP contribution is -2.21. The molecule has 0 aliphatic rings. The second-order valence-electron chi connectivity index (χ2n) is 4.72. The molecule has 8 heteroatoms. The van der Waals surface area contributed by atoms with Crippen LogP contribution < -0.4 is 10.0 Å². The summed E-state index contributed by atoms with van der Waals surface area (Å²) in [5.41, 5.74) is -0.178. The molecule has 0 aliphatic heterocycles. The van der Waals surface area contributed by atoms with Gasteiger partial charge in [-0.1, -0.05) is 13.8 Å². The fourth-order valence-corrected chi connectivity index (χ4v) is 2.58. The van der Waals surface area contributed by atoms with Crippen molar-refractivity contribution in [1.82, 2.24) is 10.3 Å². The molecule has 0 aromatic carbocycles. The summed E-state index contributed by atoms with van der Waals surface area (Å²) in [5.74, 6) is -0.270. The van der Waals surface area contributed by atoms with Crippen LogP contribution in [0.1, 0.15) is 19.6 Å². The lowest BCUT2D eigenvalue weighted by atomic mass is 10.3. The van der Waals surface area contributed by atoms with E-state index in [1.54, 1.807) is 6.07 Å². The SMILES string of the molecule is CC(C)NCc1ccc(S(=O)(=O)Nc2ccncc2F)o1. The summed E-state index contributed by atoms with van der Waals surface area (Å²) in [6.45, 7) is 4.35. The highest BCUT2D eigenvalue weighted by atomic mass is 32.2. The third-order valence-corrected chi connectivity index (χ3v) is 3.84. The third-order valence-electron chi connectivity index (χ3n) is 2.60. The monoisotopic (exact) mass is 313 g/mol. The highest BCUT2D eigenvalue weighted by Gasteiger charge is 2.20. The number of aromatic nitrogens is 1. The number of halogens is 1. The molecule has 21 heavy (non-hydrogen) atoms. The van der Waals surface area contributed by atoms with Gasteiger partial charge in [0.25, 0.3) is 10.0 Å². The number of nitrogens with zero attached hydrogens (tertiary/aromatic N) is 1. The molecule has 2 aromatic heterocycles. The van der Waals surface area contributed by atoms with Crippen molar-refractivity contribution in [2.45, 2.75) is 31.5 Å². The quantitative estimate of drug-likeness (QED) is 0.853. The van der Waals surface area contributed by atoms with Gasteiger partial charge < -0.3 is 9.73 Å². The van der Waals surface area contributed by atoms with Gasteiger partial charge in [-0.05, 0) is 18.2 Å². The van der Waals surface area contributed by atoms with Gasteiger partial charge in [-0.2, -0.15) is 8.42 Å². The van der Waals surface area contributed by atoms with Crippen LogP contribution in [0.3, 0.4) is 0 Å². The summed E-state index contributed by atoms with van der Waals surface area (Å²) in [7, 11) is -3.97. The van der Waals surface area contributed by atoms with Crippen LogP contribution in [0.25, 0.3) is 0 Å². The molecule has 6 nitrogen and oxygen atoms in total. The minimum atomic E-state index is -3.97. The Morgan fingerprint density at radius 2 is 2.10 bits per heavy atom. The number of hydrogen-bond acceptors (Lipinski definition) is 5. The summed E-state index contributed by atoms with van der Waals surface area (Å²) in [6.07, 6.45) is 2.22. The van der Waals surface area contributed by atoms with Crippen LogP contribution >= 0.6 is 0 Å². The molecule has 2 N–H and O–H groups in total. The zero-order valence-electron chi connectivity index (χ0n) is 11.6. The van der Waals surface area contributed by atoms with Crippen LogP contribution in [0.5, 0.6) is 0 Å². The van der Waals surface area contributed by atoms with Crippen molar-refractivity contribution in [1.29, 1.82) is 0 Å². The minimum Gasteiger partial charge on any atom is -0.446 e. The molecule has 2 heterocycles. The Labute approximate surface area is 122 Å². The standard InChI is InChI=1S/C13H16FN3O3S/c1-9(2)16-7-10-3-4-13(20-10)21(18,19)17-12-5-6-15-8-11(12)14/h3-6,8-9,16H,7H2,1-2H3,(H,15,17). The van der Waals surface area contributed by atoms with Crippen LogP contribution in [0.4, 0.5) is 10.1 Å². The van der Waals surface area contributed by atoms with E-state index in [1.165, 1.54) is 18.3 Å². The third kappa shape index (κ3) is 4.02. The summed E-state index contributed by atoms with van der Waals surface area (Å²) in [6, 6.07) is 4.38. The highest BCUT2D eigenvalue weighted by molar-refractivity contribution is 7.92. The van der Waals surface area contributed by atoms with E-state index in [0.29, 0.717) is 12.3 Å². The lowest BCUT2D eigenvalue weighted by Gasteiger charge is -2.07. The first-order chi connectivity index (χ1) is 9.88. The summed E-state index contributed by atoms with van der Waals surface area (Å²) < 4.78 is 45.0. The van der Waals surface area contributed by atoms with Gasteiger partial charge in [0, 0.05) is 12.2 Å². The van der Waals surface area contributed by atoms with Crippen LogP contribution in [-0.4, -0.2) is 19.4 Å². The topological polar surface area (TPSA) is 84.2 Å². The molecule has 2 aromatic rings. The van der Waals surface area contributed by atoms with Gasteiger partial charge >= 0.3 is 0 Å². The van der Waals surface area contributed by atoms with Gasteiger partial charge in [0.05, 0.1) is 18.4 Å². The Bertz CT molecular complexity index is 713. The lowest BCUT2D eigenvalue weighted by molar-refractivity contribution is 0.396. The van der Waals surface area contributed by atoms with Crippen LogP contribution in [0, 0.1) is 5.82 Å². The Morgan fingerprint density at radius 3 is 2.76 bits per heavy atom. The van der Waals surface area contributed by atoms with Crippen LogP contribution in [-0.2, 0) is 16.6 Å². The first-order valence-corrected chi connectivity index (χ1v) is 7.81.